The van der Waals surface area contributed by atoms with E-state index >= 15 is 0 Å². The van der Waals surface area contributed by atoms with Gasteiger partial charge >= 0.3 is 0 Å². The summed E-state index contributed by atoms with van der Waals surface area (Å²) in [7, 11) is 0. The summed E-state index contributed by atoms with van der Waals surface area (Å²) in [5, 5.41) is 0. The second-order valence-corrected chi connectivity index (χ2v) is 7.23. The van der Waals surface area contributed by atoms with Gasteiger partial charge in [0.2, 0.25) is 0 Å². The van der Waals surface area contributed by atoms with Gasteiger partial charge < -0.3 is 4.74 Å². The highest BCUT2D eigenvalue weighted by molar-refractivity contribution is 5.50. The fourth-order valence-corrected chi connectivity index (χ4v) is 3.94. The smallest absolute Gasteiger partial charge is 0.183 e. The number of ether oxygens (including phenoxy) is 1. The Morgan fingerprint density at radius 2 is 1.46 bits per heavy atom. The Balaban J connectivity index is 2.22. The van der Waals surface area contributed by atoms with Crippen molar-refractivity contribution < 1.29 is 4.74 Å². The number of hydrogen-bond acceptors (Lipinski definition) is 1. The first kappa shape index (κ1) is 19.9. The minimum atomic E-state index is -0.715. The van der Waals surface area contributed by atoms with Crippen molar-refractivity contribution in [3.63, 3.8) is 0 Å². The summed E-state index contributed by atoms with van der Waals surface area (Å²) in [6, 6.07) is 21.0. The predicted octanol–water partition coefficient (Wildman–Crippen LogP) is 7.48. The lowest BCUT2D eigenvalue weighted by atomic mass is 9.79. The van der Waals surface area contributed by atoms with Crippen LogP contribution in [-0.2, 0) is 10.3 Å². The monoisotopic (exact) mass is 370 g/mol. The van der Waals surface area contributed by atoms with E-state index in [1.54, 1.807) is 0 Å². The number of hydrogen-bond donors (Lipinski definition) is 0. The molecule has 1 aliphatic carbocycles. The van der Waals surface area contributed by atoms with Crippen molar-refractivity contribution in [1.29, 1.82) is 0 Å². The summed E-state index contributed by atoms with van der Waals surface area (Å²) in [5.41, 5.74) is 3.98. The van der Waals surface area contributed by atoms with Gasteiger partial charge in [-0.1, -0.05) is 98.0 Å². The fourth-order valence-electron chi connectivity index (χ4n) is 3.94. The summed E-state index contributed by atoms with van der Waals surface area (Å²) < 4.78 is 6.78. The average Bonchev–Trinajstić information content (AvgIpc) is 2.77. The second kappa shape index (κ2) is 9.94. The number of benzene rings is 2. The minimum Gasteiger partial charge on any atom is -0.481 e. The highest BCUT2D eigenvalue weighted by atomic mass is 16.5. The number of allylic oxidation sites excluding steroid dienone is 4. The molecular weight excluding hydrogens is 340 g/mol. The molecule has 1 nitrogen and oxygen atoms in total. The predicted molar refractivity (Wildman–Crippen MR) is 119 cm³/mol. The van der Waals surface area contributed by atoms with E-state index in [1.165, 1.54) is 24.8 Å². The van der Waals surface area contributed by atoms with Gasteiger partial charge in [0, 0.05) is 16.7 Å². The first-order chi connectivity index (χ1) is 13.8. The molecule has 2 aromatic carbocycles. The Morgan fingerprint density at radius 1 is 0.893 bits per heavy atom. The van der Waals surface area contributed by atoms with Crippen LogP contribution in [0.4, 0.5) is 0 Å². The molecule has 2 aromatic rings. The molecule has 1 heteroatoms. The van der Waals surface area contributed by atoms with E-state index in [0.29, 0.717) is 0 Å². The Hall–Kier alpha value is -2.80. The summed E-state index contributed by atoms with van der Waals surface area (Å²) in [6.45, 7) is 5.99. The lowest BCUT2D eigenvalue weighted by molar-refractivity contribution is 0.0941. The van der Waals surface area contributed by atoms with E-state index in [2.05, 4.69) is 73.3 Å². The highest BCUT2D eigenvalue weighted by Crippen LogP contribution is 2.42. The third-order valence-electron chi connectivity index (χ3n) is 5.31. The van der Waals surface area contributed by atoms with E-state index in [1.807, 2.05) is 31.4 Å². The zero-order valence-electron chi connectivity index (χ0n) is 16.8. The maximum atomic E-state index is 6.78. The molecule has 0 atom stereocenters. The molecule has 1 aliphatic rings. The molecule has 1 saturated carbocycles. The van der Waals surface area contributed by atoms with Crippen LogP contribution in [0.25, 0.3) is 0 Å². The maximum absolute atomic E-state index is 6.78. The van der Waals surface area contributed by atoms with E-state index in [4.69, 9.17) is 4.74 Å². The van der Waals surface area contributed by atoms with Crippen molar-refractivity contribution in [2.24, 2.45) is 0 Å². The quantitative estimate of drug-likeness (QED) is 0.362. The van der Waals surface area contributed by atoms with Gasteiger partial charge in [0.15, 0.2) is 5.60 Å². The first-order valence-electron chi connectivity index (χ1n) is 10.2. The first-order valence-corrected chi connectivity index (χ1v) is 10.2. The Kier molecular flexibility index (Phi) is 7.08. The normalized spacial score (nSPS) is 15.5. The van der Waals surface area contributed by atoms with Crippen LogP contribution in [0, 0.1) is 0 Å². The van der Waals surface area contributed by atoms with Crippen molar-refractivity contribution in [1.82, 2.24) is 0 Å². The van der Waals surface area contributed by atoms with Crippen LogP contribution in [0.2, 0.25) is 0 Å². The van der Waals surface area contributed by atoms with Gasteiger partial charge in [0.25, 0.3) is 0 Å². The zero-order valence-corrected chi connectivity index (χ0v) is 16.8. The van der Waals surface area contributed by atoms with Crippen molar-refractivity contribution >= 4 is 0 Å². The van der Waals surface area contributed by atoms with Crippen molar-refractivity contribution in [2.75, 3.05) is 0 Å². The lowest BCUT2D eigenvalue weighted by Gasteiger charge is -2.36. The van der Waals surface area contributed by atoms with Gasteiger partial charge in [0.1, 0.15) is 0 Å². The minimum absolute atomic E-state index is 0.715. The molecule has 0 N–H and O–H groups in total. The Morgan fingerprint density at radius 3 is 1.96 bits per heavy atom. The second-order valence-electron chi connectivity index (χ2n) is 7.23. The van der Waals surface area contributed by atoms with Crippen molar-refractivity contribution in [2.45, 2.75) is 44.6 Å². The Labute approximate surface area is 169 Å². The third-order valence-corrected chi connectivity index (χ3v) is 5.31. The molecule has 28 heavy (non-hydrogen) atoms. The largest absolute Gasteiger partial charge is 0.481 e. The summed E-state index contributed by atoms with van der Waals surface area (Å²) in [6.07, 6.45) is 16.2. The van der Waals surface area contributed by atoms with Crippen LogP contribution >= 0.6 is 0 Å². The van der Waals surface area contributed by atoms with Crippen LogP contribution in [-0.4, -0.2) is 0 Å². The van der Waals surface area contributed by atoms with Gasteiger partial charge in [-0.15, -0.1) is 0 Å². The summed E-state index contributed by atoms with van der Waals surface area (Å²) >= 11 is 0. The van der Waals surface area contributed by atoms with E-state index in [9.17, 15) is 0 Å². The maximum Gasteiger partial charge on any atom is 0.183 e. The molecule has 0 spiro atoms. The van der Waals surface area contributed by atoms with E-state index < -0.39 is 5.60 Å². The van der Waals surface area contributed by atoms with Crippen molar-refractivity contribution in [3.05, 3.63) is 120 Å². The van der Waals surface area contributed by atoms with Crippen LogP contribution in [0.1, 0.15) is 50.2 Å². The van der Waals surface area contributed by atoms with Gasteiger partial charge in [-0.05, 0) is 38.2 Å². The lowest BCUT2D eigenvalue weighted by Crippen LogP contribution is -2.32. The summed E-state index contributed by atoms with van der Waals surface area (Å²) in [4.78, 5) is 0. The standard InChI is InChI=1S/C27H30O/c1-3-14-24(15-4-2)27(25-18-10-6-11-19-25,26-20-12-7-13-21-26)28-22-23-16-8-5-9-17-23/h3-4,6-7,10-15,18-22H,1,5,8-9,16-17H2,2H3/b15-4-,24-14+. The molecule has 0 amide bonds. The fraction of sp³-hybridized carbons (Fsp3) is 0.259. The van der Waals surface area contributed by atoms with Gasteiger partial charge in [-0.25, -0.2) is 0 Å². The van der Waals surface area contributed by atoms with E-state index in [-0.39, 0.29) is 0 Å². The molecule has 0 saturated heterocycles. The molecular formula is C27H30O. The van der Waals surface area contributed by atoms with Gasteiger partial charge in [-0.2, -0.15) is 0 Å². The van der Waals surface area contributed by atoms with Gasteiger partial charge in [0.05, 0.1) is 6.26 Å². The molecule has 0 unspecified atom stereocenters. The molecule has 144 valence electrons. The molecule has 0 aliphatic heterocycles. The topological polar surface area (TPSA) is 9.23 Å². The number of rotatable bonds is 7. The average molecular weight is 371 g/mol. The van der Waals surface area contributed by atoms with E-state index in [0.717, 1.165) is 29.5 Å². The van der Waals surface area contributed by atoms with Crippen LogP contribution in [0.15, 0.2) is 109 Å². The Bertz CT molecular complexity index is 793. The van der Waals surface area contributed by atoms with Gasteiger partial charge in [-0.3, -0.25) is 0 Å². The van der Waals surface area contributed by atoms with Crippen molar-refractivity contribution in [3.8, 4) is 0 Å². The molecule has 1 fully saturated rings. The molecule has 0 aromatic heterocycles. The highest BCUT2D eigenvalue weighted by Gasteiger charge is 2.38. The molecule has 0 bridgehead atoms. The van der Waals surface area contributed by atoms with Crippen LogP contribution < -0.4 is 0 Å². The van der Waals surface area contributed by atoms with Crippen LogP contribution in [0.5, 0.6) is 0 Å². The summed E-state index contributed by atoms with van der Waals surface area (Å²) in [5.74, 6) is 0. The molecule has 0 radical (unpaired) electrons. The molecule has 3 rings (SSSR count). The third kappa shape index (κ3) is 4.36. The SMILES string of the molecule is C=C/C=C(\C=C/C)C(OC=C1CCCCC1)(c1ccccc1)c1ccccc1. The molecule has 0 heterocycles. The zero-order chi connectivity index (χ0) is 19.7. The van der Waals surface area contributed by atoms with Crippen LogP contribution in [0.3, 0.4) is 0 Å².